The Morgan fingerprint density at radius 1 is 1.34 bits per heavy atom. The number of allylic oxidation sites excluding steroid dienone is 1. The van der Waals surface area contributed by atoms with Gasteiger partial charge in [-0.2, -0.15) is 4.99 Å². The van der Waals surface area contributed by atoms with E-state index in [9.17, 15) is 18.0 Å². The van der Waals surface area contributed by atoms with Gasteiger partial charge in [0.2, 0.25) is 0 Å². The van der Waals surface area contributed by atoms with E-state index in [0.717, 1.165) is 18.5 Å². The number of benzene rings is 1. The lowest BCUT2D eigenvalue weighted by Gasteiger charge is -2.22. The first-order valence-electron chi connectivity index (χ1n) is 10.6. The van der Waals surface area contributed by atoms with Crippen molar-refractivity contribution in [2.45, 2.75) is 19.2 Å². The van der Waals surface area contributed by atoms with Gasteiger partial charge in [-0.3, -0.25) is 4.79 Å². The number of aromatic nitrogens is 4. The largest absolute Gasteiger partial charge is 0.444 e. The molecule has 1 aliphatic rings. The predicted molar refractivity (Wildman–Crippen MR) is 119 cm³/mol. The van der Waals surface area contributed by atoms with Crippen molar-refractivity contribution in [2.24, 2.45) is 12.8 Å². The molecule has 0 radical (unpaired) electrons. The molecule has 2 aromatic heterocycles. The van der Waals surface area contributed by atoms with Gasteiger partial charge < -0.3 is 25.1 Å². The molecule has 0 bridgehead atoms. The van der Waals surface area contributed by atoms with E-state index in [1.165, 1.54) is 18.5 Å². The summed E-state index contributed by atoms with van der Waals surface area (Å²) in [4.78, 5) is 27.5. The number of fused-ring (bicyclic) bond motifs is 1. The van der Waals surface area contributed by atoms with Gasteiger partial charge in [-0.15, -0.1) is 8.78 Å². The fraction of sp³-hybridized carbons (Fsp3) is 0.318. The molecule has 3 aromatic rings. The highest BCUT2D eigenvalue weighted by Crippen LogP contribution is 2.24. The predicted octanol–water partition coefficient (Wildman–Crippen LogP) is 0.194. The Kier molecular flexibility index (Phi) is 7.36. The molecule has 1 unspecified atom stereocenters. The third kappa shape index (κ3) is 5.46. The second-order valence-corrected chi connectivity index (χ2v) is 7.62. The first-order chi connectivity index (χ1) is 16.9. The molecule has 1 fully saturated rings. The van der Waals surface area contributed by atoms with Crippen molar-refractivity contribution in [1.82, 2.24) is 24.8 Å². The lowest BCUT2D eigenvalue weighted by atomic mass is 10.0. The first-order valence-corrected chi connectivity index (χ1v) is 10.6. The zero-order chi connectivity index (χ0) is 24.9. The summed E-state index contributed by atoms with van der Waals surface area (Å²) in [6.07, 6.45) is 2.90. The summed E-state index contributed by atoms with van der Waals surface area (Å²) in [5.74, 6) is -0.593. The summed E-state index contributed by atoms with van der Waals surface area (Å²) < 4.78 is 52.0. The number of hydrogen-bond acceptors (Lipinski definition) is 7. The molecule has 1 aromatic carbocycles. The average molecular weight is 490 g/mol. The van der Waals surface area contributed by atoms with Gasteiger partial charge in [-0.05, 0) is 29.3 Å². The van der Waals surface area contributed by atoms with Crippen molar-refractivity contribution < 1.29 is 32.4 Å². The number of ether oxygens (including phenoxy) is 2. The van der Waals surface area contributed by atoms with Crippen molar-refractivity contribution in [2.75, 3.05) is 19.8 Å². The minimum Gasteiger partial charge on any atom is -0.404 e. The van der Waals surface area contributed by atoms with Crippen LogP contribution in [0.1, 0.15) is 33.5 Å². The van der Waals surface area contributed by atoms with Crippen molar-refractivity contribution in [3.05, 3.63) is 59.2 Å². The molecule has 10 nitrogen and oxygen atoms in total. The summed E-state index contributed by atoms with van der Waals surface area (Å²) in [6, 6.07) is 3.90. The normalized spacial score (nSPS) is 16.9. The van der Waals surface area contributed by atoms with Crippen molar-refractivity contribution in [1.29, 1.82) is 0 Å². The van der Waals surface area contributed by atoms with Gasteiger partial charge in [0.15, 0.2) is 17.6 Å². The lowest BCUT2D eigenvalue weighted by molar-refractivity contribution is -0.567. The van der Waals surface area contributed by atoms with E-state index >= 15 is 0 Å². The Hall–Kier alpha value is -3.84. The molecule has 1 aliphatic heterocycles. The maximum Gasteiger partial charge on any atom is 0.444 e. The zero-order valence-corrected chi connectivity index (χ0v) is 18.7. The number of imidazole rings is 1. The van der Waals surface area contributed by atoms with Gasteiger partial charge in [-0.25, -0.2) is 19.3 Å². The van der Waals surface area contributed by atoms with Crippen molar-refractivity contribution in [3.63, 3.8) is 0 Å². The number of alkyl halides is 2. The van der Waals surface area contributed by atoms with Crippen LogP contribution < -0.4 is 16.0 Å². The van der Waals surface area contributed by atoms with E-state index in [0.29, 0.717) is 42.4 Å². The second kappa shape index (κ2) is 10.6. The Morgan fingerprint density at radius 3 is 2.89 bits per heavy atom. The van der Waals surface area contributed by atoms with Gasteiger partial charge in [0.25, 0.3) is 5.91 Å². The number of amides is 1. The molecular weight excluding hydrogens is 467 g/mol. The van der Waals surface area contributed by atoms with Crippen LogP contribution in [-0.4, -0.2) is 58.0 Å². The van der Waals surface area contributed by atoms with Gasteiger partial charge in [0.05, 0.1) is 25.4 Å². The van der Waals surface area contributed by atoms with Crippen LogP contribution in [0.15, 0.2) is 30.7 Å². The Bertz CT molecular complexity index is 1290. The topological polar surface area (TPSA) is 131 Å². The number of rotatable bonds is 7. The van der Waals surface area contributed by atoms with Crippen LogP contribution in [0.4, 0.5) is 13.2 Å². The molecule has 1 saturated heterocycles. The number of nitrogens with zero attached hydrogens (tertiary/aromatic N) is 4. The maximum atomic E-state index is 14.2. The molecule has 0 aliphatic carbocycles. The van der Waals surface area contributed by atoms with Crippen molar-refractivity contribution >= 4 is 28.9 Å². The summed E-state index contributed by atoms with van der Waals surface area (Å²) in [5, 5.41) is 2.70. The molecule has 1 atom stereocenters. The van der Waals surface area contributed by atoms with Gasteiger partial charge in [0.1, 0.15) is 29.6 Å². The molecule has 4 rings (SSSR count). The third-order valence-corrected chi connectivity index (χ3v) is 5.31. The van der Waals surface area contributed by atoms with E-state index in [2.05, 4.69) is 20.3 Å². The van der Waals surface area contributed by atoms with Gasteiger partial charge in [0, 0.05) is 19.8 Å². The van der Waals surface area contributed by atoms with Crippen molar-refractivity contribution in [3.8, 4) is 0 Å². The summed E-state index contributed by atoms with van der Waals surface area (Å²) in [5.41, 5.74) is 7.14. The van der Waals surface area contributed by atoms with E-state index in [4.69, 9.17) is 15.2 Å². The summed E-state index contributed by atoms with van der Waals surface area (Å²) in [7, 11) is 1.73. The Balaban J connectivity index is 1.55. The number of carbonyl (C=O) groups excluding carboxylic acids is 1. The standard InChI is InChI=1S/C22H22F3N7O3/c1-32-18-17(29-11-30-19(18)31-20(32)16-10-34-2-3-35-16)21(33)27-8-12-4-13(6-15(23)5-12)14(7-26)9-28-22(24)25/h4-7,9,11,16,22H,2-3,8,10,26H2,1H3,(H,27,33)/p+1. The molecule has 0 spiro atoms. The minimum atomic E-state index is -2.80. The highest BCUT2D eigenvalue weighted by atomic mass is 19.3. The fourth-order valence-corrected chi connectivity index (χ4v) is 3.71. The smallest absolute Gasteiger partial charge is 0.404 e. The number of nitrogens with one attached hydrogen (secondary N) is 2. The number of halogens is 3. The van der Waals surface area contributed by atoms with E-state index in [1.54, 1.807) is 11.6 Å². The number of hydrogen-bond donors (Lipinski definition) is 3. The van der Waals surface area contributed by atoms with Crippen LogP contribution in [0, 0.1) is 5.82 Å². The van der Waals surface area contributed by atoms with Crippen LogP contribution in [0.3, 0.4) is 0 Å². The Labute approximate surface area is 197 Å². The Morgan fingerprint density at radius 2 is 2.17 bits per heavy atom. The van der Waals surface area contributed by atoms with E-state index in [1.807, 2.05) is 4.99 Å². The van der Waals surface area contributed by atoms with Crippen LogP contribution in [-0.2, 0) is 23.1 Å². The van der Waals surface area contributed by atoms with Crippen LogP contribution in [0.25, 0.3) is 16.7 Å². The van der Waals surface area contributed by atoms with Crippen LogP contribution in [0.2, 0.25) is 0 Å². The number of aryl methyl sites for hydroxylation is 1. The average Bonchev–Trinajstić information content (AvgIpc) is 3.19. The third-order valence-electron chi connectivity index (χ3n) is 5.31. The number of nitrogens with two attached hydrogens (primary N) is 1. The summed E-state index contributed by atoms with van der Waals surface area (Å²) >= 11 is 0. The SMILES string of the molecule is Cn1c(C2COCCO2)nc2ncnc(C(=O)NCc3cc(F)cc(C(C=[NH+]C(F)F)=CN)c3)c21. The van der Waals surface area contributed by atoms with Crippen LogP contribution >= 0.6 is 0 Å². The summed E-state index contributed by atoms with van der Waals surface area (Å²) in [6.45, 7) is -1.60. The van der Waals surface area contributed by atoms with E-state index < -0.39 is 24.4 Å². The van der Waals surface area contributed by atoms with Crippen LogP contribution in [0.5, 0.6) is 0 Å². The minimum absolute atomic E-state index is 0.0561. The molecule has 35 heavy (non-hydrogen) atoms. The molecule has 13 heteroatoms. The highest BCUT2D eigenvalue weighted by molar-refractivity contribution is 6.07. The van der Waals surface area contributed by atoms with E-state index in [-0.39, 0.29) is 23.4 Å². The molecule has 3 heterocycles. The monoisotopic (exact) mass is 490 g/mol. The van der Waals surface area contributed by atoms with Gasteiger partial charge in [-0.1, -0.05) is 0 Å². The molecular formula is C22H23F3N7O3+. The lowest BCUT2D eigenvalue weighted by Crippen LogP contribution is -2.73. The quantitative estimate of drug-likeness (QED) is 0.318. The first kappa shape index (κ1) is 24.3. The molecule has 184 valence electrons. The molecule has 0 saturated carbocycles. The maximum absolute atomic E-state index is 14.2. The molecule has 1 amide bonds. The van der Waals surface area contributed by atoms with Gasteiger partial charge >= 0.3 is 6.55 Å². The zero-order valence-electron chi connectivity index (χ0n) is 18.7. The fourth-order valence-electron chi connectivity index (χ4n) is 3.71. The highest BCUT2D eigenvalue weighted by Gasteiger charge is 2.26. The second-order valence-electron chi connectivity index (χ2n) is 7.62. The number of carbonyl (C=O) groups is 1. The molecule has 4 N–H and O–H groups in total.